The summed E-state index contributed by atoms with van der Waals surface area (Å²) in [6, 6.07) is 5.62. The first-order chi connectivity index (χ1) is 10.2. The lowest BCUT2D eigenvalue weighted by atomic mass is 9.98. The predicted molar refractivity (Wildman–Crippen MR) is 85.8 cm³/mol. The molecule has 7 heteroatoms. The molecule has 0 unspecified atom stereocenters. The Bertz CT molecular complexity index is 623. The summed E-state index contributed by atoms with van der Waals surface area (Å²) in [6.45, 7) is 0.404. The number of carbonyl (C=O) groups is 1. The summed E-state index contributed by atoms with van der Waals surface area (Å²) in [5.74, 6) is 0.649. The Labute approximate surface area is 135 Å². The van der Waals surface area contributed by atoms with Gasteiger partial charge in [-0.3, -0.25) is 4.79 Å². The second-order valence-corrected chi connectivity index (χ2v) is 5.48. The highest BCUT2D eigenvalue weighted by atomic mass is 35.5. The van der Waals surface area contributed by atoms with Gasteiger partial charge in [-0.05, 0) is 25.0 Å². The van der Waals surface area contributed by atoms with Crippen molar-refractivity contribution >= 4 is 18.3 Å². The lowest BCUT2D eigenvalue weighted by molar-refractivity contribution is -0.126. The molecule has 22 heavy (non-hydrogen) atoms. The molecule has 0 bridgehead atoms. The molecular formula is C15H20ClN5O. The fourth-order valence-electron chi connectivity index (χ4n) is 2.75. The molecule has 1 saturated carbocycles. The van der Waals surface area contributed by atoms with Gasteiger partial charge < -0.3 is 11.1 Å². The number of halogens is 1. The molecule has 6 nitrogen and oxygen atoms in total. The van der Waals surface area contributed by atoms with Crippen LogP contribution in [-0.4, -0.2) is 26.2 Å². The van der Waals surface area contributed by atoms with Gasteiger partial charge in [0.05, 0.1) is 5.54 Å². The molecule has 0 atom stereocenters. The van der Waals surface area contributed by atoms with E-state index in [4.69, 9.17) is 5.73 Å². The van der Waals surface area contributed by atoms with E-state index >= 15 is 0 Å². The fraction of sp³-hybridized carbons (Fsp3) is 0.400. The summed E-state index contributed by atoms with van der Waals surface area (Å²) in [7, 11) is 0. The van der Waals surface area contributed by atoms with Crippen molar-refractivity contribution < 1.29 is 4.79 Å². The second-order valence-electron chi connectivity index (χ2n) is 5.48. The average Bonchev–Trinajstić information content (AvgIpc) is 3.17. The second kappa shape index (κ2) is 6.89. The molecule has 2 heterocycles. The van der Waals surface area contributed by atoms with E-state index in [1.807, 2.05) is 24.4 Å². The molecule has 0 saturated heterocycles. The lowest BCUT2D eigenvalue weighted by Gasteiger charge is -2.22. The van der Waals surface area contributed by atoms with E-state index in [1.165, 1.54) is 0 Å². The smallest absolute Gasteiger partial charge is 0.240 e. The van der Waals surface area contributed by atoms with Crippen molar-refractivity contribution in [2.45, 2.75) is 37.8 Å². The first-order valence-electron chi connectivity index (χ1n) is 7.20. The Morgan fingerprint density at radius 1 is 1.32 bits per heavy atom. The summed E-state index contributed by atoms with van der Waals surface area (Å²) in [4.78, 5) is 16.6. The Morgan fingerprint density at radius 2 is 2.09 bits per heavy atom. The molecule has 2 aromatic heterocycles. The maximum absolute atomic E-state index is 12.3. The Morgan fingerprint density at radius 3 is 2.77 bits per heavy atom. The average molecular weight is 322 g/mol. The molecule has 118 valence electrons. The van der Waals surface area contributed by atoms with Gasteiger partial charge in [0.15, 0.2) is 5.82 Å². The number of carbonyl (C=O) groups excluding carboxylic acids is 1. The predicted octanol–water partition coefficient (Wildman–Crippen LogP) is 1.58. The van der Waals surface area contributed by atoms with Gasteiger partial charge in [-0.15, -0.1) is 12.4 Å². The van der Waals surface area contributed by atoms with Crippen LogP contribution in [0.2, 0.25) is 0 Å². The normalized spacial score (nSPS) is 16.0. The number of nitrogens with two attached hydrogens (primary N) is 1. The monoisotopic (exact) mass is 321 g/mol. The van der Waals surface area contributed by atoms with Crippen molar-refractivity contribution in [3.05, 3.63) is 42.4 Å². The van der Waals surface area contributed by atoms with Crippen molar-refractivity contribution in [3.63, 3.8) is 0 Å². The molecule has 1 aliphatic rings. The van der Waals surface area contributed by atoms with Crippen LogP contribution in [0.25, 0.3) is 5.82 Å². The first-order valence-corrected chi connectivity index (χ1v) is 7.20. The molecule has 1 aliphatic carbocycles. The number of rotatable bonds is 4. The molecular weight excluding hydrogens is 302 g/mol. The molecule has 1 amide bonds. The van der Waals surface area contributed by atoms with Gasteiger partial charge in [0.1, 0.15) is 0 Å². The quantitative estimate of drug-likeness (QED) is 0.895. The Balaban J connectivity index is 0.00000176. The standard InChI is InChI=1S/C15H19N5O.ClH/c16-15(6-1-2-7-15)14(21)18-11-12-5-3-8-17-13(12)20-10-4-9-19-20;/h3-5,8-10H,1-2,6-7,11,16H2,(H,18,21);1H. The SMILES string of the molecule is Cl.NC1(C(=O)NCc2cccnc2-n2cccn2)CCCC1. The third-order valence-electron chi connectivity index (χ3n) is 3.98. The molecule has 0 spiro atoms. The van der Waals surface area contributed by atoms with E-state index in [0.29, 0.717) is 6.54 Å². The minimum atomic E-state index is -0.700. The van der Waals surface area contributed by atoms with Gasteiger partial charge in [0.25, 0.3) is 0 Å². The zero-order chi connectivity index (χ0) is 14.7. The van der Waals surface area contributed by atoms with Gasteiger partial charge in [-0.1, -0.05) is 18.9 Å². The largest absolute Gasteiger partial charge is 0.350 e. The van der Waals surface area contributed by atoms with E-state index in [0.717, 1.165) is 37.1 Å². The topological polar surface area (TPSA) is 85.8 Å². The number of hydrogen-bond donors (Lipinski definition) is 2. The van der Waals surface area contributed by atoms with Crippen molar-refractivity contribution in [1.29, 1.82) is 0 Å². The minimum Gasteiger partial charge on any atom is -0.350 e. The fourth-order valence-corrected chi connectivity index (χ4v) is 2.75. The van der Waals surface area contributed by atoms with Crippen LogP contribution in [0.4, 0.5) is 0 Å². The molecule has 0 radical (unpaired) electrons. The van der Waals surface area contributed by atoms with E-state index in [1.54, 1.807) is 17.1 Å². The summed E-state index contributed by atoms with van der Waals surface area (Å²) in [6.07, 6.45) is 8.81. The van der Waals surface area contributed by atoms with Crippen molar-refractivity contribution in [1.82, 2.24) is 20.1 Å². The van der Waals surface area contributed by atoms with Crippen molar-refractivity contribution in [2.75, 3.05) is 0 Å². The summed E-state index contributed by atoms with van der Waals surface area (Å²) in [5.41, 5.74) is 6.37. The third-order valence-corrected chi connectivity index (χ3v) is 3.98. The van der Waals surface area contributed by atoms with Gasteiger partial charge in [0.2, 0.25) is 5.91 Å². The van der Waals surface area contributed by atoms with Crippen LogP contribution in [0.1, 0.15) is 31.2 Å². The van der Waals surface area contributed by atoms with Crippen LogP contribution in [0.5, 0.6) is 0 Å². The number of pyridine rings is 1. The number of hydrogen-bond acceptors (Lipinski definition) is 4. The molecule has 3 rings (SSSR count). The Hall–Kier alpha value is -1.92. The van der Waals surface area contributed by atoms with Gasteiger partial charge in [0, 0.05) is 30.7 Å². The summed E-state index contributed by atoms with van der Waals surface area (Å²) in [5, 5.41) is 7.12. The number of nitrogens with one attached hydrogen (secondary N) is 1. The van der Waals surface area contributed by atoms with Crippen LogP contribution in [0, 0.1) is 0 Å². The van der Waals surface area contributed by atoms with E-state index in [2.05, 4.69) is 15.4 Å². The van der Waals surface area contributed by atoms with Crippen LogP contribution < -0.4 is 11.1 Å². The van der Waals surface area contributed by atoms with Gasteiger partial charge >= 0.3 is 0 Å². The van der Waals surface area contributed by atoms with Gasteiger partial charge in [-0.2, -0.15) is 5.10 Å². The third kappa shape index (κ3) is 3.28. The molecule has 3 N–H and O–H groups in total. The zero-order valence-electron chi connectivity index (χ0n) is 12.2. The Kier molecular flexibility index (Phi) is 5.15. The van der Waals surface area contributed by atoms with E-state index in [-0.39, 0.29) is 18.3 Å². The number of aromatic nitrogens is 3. The molecule has 1 fully saturated rings. The number of amides is 1. The highest BCUT2D eigenvalue weighted by Crippen LogP contribution is 2.27. The van der Waals surface area contributed by atoms with Crippen LogP contribution in [0.3, 0.4) is 0 Å². The highest BCUT2D eigenvalue weighted by Gasteiger charge is 2.36. The summed E-state index contributed by atoms with van der Waals surface area (Å²) >= 11 is 0. The molecule has 2 aromatic rings. The van der Waals surface area contributed by atoms with E-state index < -0.39 is 5.54 Å². The van der Waals surface area contributed by atoms with E-state index in [9.17, 15) is 4.79 Å². The minimum absolute atomic E-state index is 0. The zero-order valence-corrected chi connectivity index (χ0v) is 13.1. The van der Waals surface area contributed by atoms with Crippen LogP contribution in [0.15, 0.2) is 36.8 Å². The maximum Gasteiger partial charge on any atom is 0.240 e. The van der Waals surface area contributed by atoms with Gasteiger partial charge in [-0.25, -0.2) is 9.67 Å². The summed E-state index contributed by atoms with van der Waals surface area (Å²) < 4.78 is 1.69. The van der Waals surface area contributed by atoms with Crippen molar-refractivity contribution in [2.24, 2.45) is 5.73 Å². The molecule has 0 aromatic carbocycles. The van der Waals surface area contributed by atoms with Crippen LogP contribution >= 0.6 is 12.4 Å². The van der Waals surface area contributed by atoms with Crippen molar-refractivity contribution in [3.8, 4) is 5.82 Å². The molecule has 0 aliphatic heterocycles. The first kappa shape index (κ1) is 16.5. The maximum atomic E-state index is 12.3. The number of nitrogens with zero attached hydrogens (tertiary/aromatic N) is 3. The lowest BCUT2D eigenvalue weighted by Crippen LogP contribution is -2.51. The highest BCUT2D eigenvalue weighted by molar-refractivity contribution is 5.86. The van der Waals surface area contributed by atoms with Crippen LogP contribution in [-0.2, 0) is 11.3 Å².